The zero-order chi connectivity index (χ0) is 41.9. The van der Waals surface area contributed by atoms with Gasteiger partial charge >= 0.3 is 104 Å². The monoisotopic (exact) mass is 1090 g/mol. The van der Waals surface area contributed by atoms with Crippen molar-refractivity contribution in [3.63, 3.8) is 0 Å². The fraction of sp³-hybridized carbons (Fsp3) is 0.294. The molecule has 0 amide bonds. The van der Waals surface area contributed by atoms with Crippen LogP contribution < -0.4 is 30.1 Å². The third kappa shape index (κ3) is 17.0. The van der Waals surface area contributed by atoms with Gasteiger partial charge in [0.05, 0.1) is 54.5 Å². The Labute approximate surface area is 339 Å². The first-order valence-corrected chi connectivity index (χ1v) is 23.4. The number of rotatable bonds is 9. The number of benzene rings is 2. The second kappa shape index (κ2) is 23.8. The van der Waals surface area contributed by atoms with Gasteiger partial charge in [0.2, 0.25) is 0 Å². The number of aromatic amines is 1. The molecule has 21 heteroatoms. The van der Waals surface area contributed by atoms with E-state index in [1.165, 1.54) is 4.68 Å². The summed E-state index contributed by atoms with van der Waals surface area (Å²) in [6, 6.07) is 16.1. The summed E-state index contributed by atoms with van der Waals surface area (Å²) in [7, 11) is 6.35. The van der Waals surface area contributed by atoms with E-state index in [9.17, 15) is 28.8 Å². The zero-order valence-corrected chi connectivity index (χ0v) is 38.6. The Morgan fingerprint density at radius 2 is 1.04 bits per heavy atom. The number of halogens is 2. The smallest absolute Gasteiger partial charge is 0.285 e. The van der Waals surface area contributed by atoms with E-state index in [-0.39, 0.29) is 11.1 Å². The summed E-state index contributed by atoms with van der Waals surface area (Å²) in [5, 5.41) is 10.2. The molecule has 1 N–H and O–H groups in total. The van der Waals surface area contributed by atoms with Crippen LogP contribution in [-0.4, -0.2) is 95.3 Å². The molecular weight excluding hydrogens is 1060 g/mol. The van der Waals surface area contributed by atoms with Crippen LogP contribution in [0.1, 0.15) is 39.1 Å². The van der Waals surface area contributed by atoms with E-state index in [1.54, 1.807) is 65.7 Å². The SMILES string of the molecule is CC(=O)[O][Pb]([O]C(C)=O)([O]C(C)=O)[O]C(C)=O.COc1ccc(-n2nc(C)cc(Br)c2=O)cc1OC.COc1ccccc1OC.Cc1cc(Br)c(=O)[nH]n1. The number of hydrogen-bond acceptors (Lipinski definition) is 16. The van der Waals surface area contributed by atoms with Crippen LogP contribution in [0.4, 0.5) is 0 Å². The summed E-state index contributed by atoms with van der Waals surface area (Å²) < 4.78 is 41.2. The molecule has 0 radical (unpaired) electrons. The summed E-state index contributed by atoms with van der Waals surface area (Å²) in [5.74, 6) is -0.830. The van der Waals surface area contributed by atoms with Crippen molar-refractivity contribution in [2.24, 2.45) is 0 Å². The van der Waals surface area contributed by atoms with Gasteiger partial charge in [-0.1, -0.05) is 12.1 Å². The van der Waals surface area contributed by atoms with E-state index in [0.717, 1.165) is 50.6 Å². The van der Waals surface area contributed by atoms with Crippen molar-refractivity contribution in [3.8, 4) is 28.7 Å². The summed E-state index contributed by atoms with van der Waals surface area (Å²) in [6.07, 6.45) is 0. The molecule has 2 aromatic carbocycles. The van der Waals surface area contributed by atoms with Crippen molar-refractivity contribution in [2.75, 3.05) is 28.4 Å². The van der Waals surface area contributed by atoms with E-state index >= 15 is 0 Å². The Morgan fingerprint density at radius 3 is 1.42 bits per heavy atom. The molecule has 0 aliphatic carbocycles. The number of nitrogens with zero attached hydrogens (tertiary/aromatic N) is 3. The average Bonchev–Trinajstić information content (AvgIpc) is 3.10. The maximum absolute atomic E-state index is 12.1. The number of H-pyrrole nitrogens is 1. The summed E-state index contributed by atoms with van der Waals surface area (Å²) in [4.78, 5) is 66.1. The number of methoxy groups -OCH3 is 4. The molecule has 4 aromatic rings. The second-order valence-electron chi connectivity index (χ2n) is 10.3. The van der Waals surface area contributed by atoms with Crippen LogP contribution in [0, 0.1) is 13.8 Å². The molecule has 18 nitrogen and oxygen atoms in total. The maximum Gasteiger partial charge on any atom is 0.285 e. The van der Waals surface area contributed by atoms with Gasteiger partial charge in [0, 0.05) is 6.07 Å². The maximum atomic E-state index is 12.1. The van der Waals surface area contributed by atoms with E-state index in [2.05, 4.69) is 57.9 Å². The molecule has 0 aliphatic rings. The first kappa shape index (κ1) is 48.2. The number of aryl methyl sites for hydroxylation is 2. The molecule has 298 valence electrons. The third-order valence-corrected chi connectivity index (χ3v) is 15.4. The summed E-state index contributed by atoms with van der Waals surface area (Å²) >= 11 is 0.863. The topological polar surface area (TPSA) is 223 Å². The number of carbonyl (C=O) groups excluding carboxylic acids is 4. The van der Waals surface area contributed by atoms with Gasteiger partial charge in [-0.15, -0.1) is 0 Å². The van der Waals surface area contributed by atoms with Crippen molar-refractivity contribution in [1.82, 2.24) is 20.0 Å². The van der Waals surface area contributed by atoms with Gasteiger partial charge < -0.3 is 18.9 Å². The minimum absolute atomic E-state index is 0.194. The molecule has 2 aromatic heterocycles. The molecular formula is C34H40Br2N4O14Pb. The standard InChI is InChI=1S/C13H13BrN2O3.C8H10O2.C5H5BrN2O.4C2H4O2.Pb/c1-8-6-10(14)13(17)16(15-8)9-4-5-11(18-2)12(7-9)19-3;1-9-7-5-3-4-6-8(7)10-2;1-3-2-4(6)5(9)8-7-3;4*1-2(3)4;/h4-7H,1-3H3;3-6H,1-2H3;2H,1H3,(H,8,9);4*1H3,(H,3,4);/q;;;;;;;+4/p-4. The molecule has 2 heterocycles. The predicted molar refractivity (Wildman–Crippen MR) is 205 cm³/mol. The average molecular weight is 1100 g/mol. The first-order chi connectivity index (χ1) is 25.8. The van der Waals surface area contributed by atoms with Crippen LogP contribution in [0.15, 0.2) is 73.1 Å². The van der Waals surface area contributed by atoms with Crippen LogP contribution in [-0.2, 0) is 29.9 Å². The molecule has 0 saturated carbocycles. The number of nitrogens with one attached hydrogen (secondary N) is 1. The van der Waals surface area contributed by atoms with E-state index < -0.39 is 46.9 Å². The van der Waals surface area contributed by atoms with Crippen molar-refractivity contribution in [3.05, 3.63) is 95.6 Å². The molecule has 0 spiro atoms. The number of hydrogen-bond donors (Lipinski definition) is 1. The minimum atomic E-state index is -5.43. The van der Waals surface area contributed by atoms with Crippen molar-refractivity contribution < 1.29 is 48.9 Å². The third-order valence-electron chi connectivity index (χ3n) is 5.85. The fourth-order valence-corrected chi connectivity index (χ4v) is 11.2. The van der Waals surface area contributed by atoms with Crippen molar-refractivity contribution in [1.29, 1.82) is 0 Å². The van der Waals surface area contributed by atoms with E-state index in [0.29, 0.717) is 26.1 Å². The van der Waals surface area contributed by atoms with Gasteiger partial charge in [0.1, 0.15) is 0 Å². The van der Waals surface area contributed by atoms with Gasteiger partial charge in [-0.2, -0.15) is 14.9 Å². The molecule has 0 saturated heterocycles. The van der Waals surface area contributed by atoms with Crippen molar-refractivity contribution in [2.45, 2.75) is 41.5 Å². The van der Waals surface area contributed by atoms with Gasteiger partial charge in [0.15, 0.2) is 23.0 Å². The summed E-state index contributed by atoms with van der Waals surface area (Å²) in [6.45, 7) is 7.65. The molecule has 0 fully saturated rings. The Balaban J connectivity index is 0.000000383. The Hall–Kier alpha value is -4.84. The number of carbonyl (C=O) groups is 4. The second-order valence-corrected chi connectivity index (χ2v) is 19.1. The van der Waals surface area contributed by atoms with Crippen LogP contribution >= 0.6 is 31.9 Å². The fourth-order valence-electron chi connectivity index (χ4n) is 3.80. The number of para-hydroxylation sites is 2. The Morgan fingerprint density at radius 1 is 0.618 bits per heavy atom. The number of ether oxygens (including phenoxy) is 4. The van der Waals surface area contributed by atoms with Gasteiger partial charge in [-0.25, -0.2) is 5.10 Å². The molecule has 4 rings (SSSR count). The van der Waals surface area contributed by atoms with Crippen LogP contribution in [0.25, 0.3) is 5.69 Å². The largest absolute Gasteiger partial charge is 0.493 e. The predicted octanol–water partition coefficient (Wildman–Crippen LogP) is 4.54. The van der Waals surface area contributed by atoms with Gasteiger partial charge in [-0.05, 0) is 82.1 Å². The number of aromatic nitrogens is 4. The molecule has 0 aliphatic heterocycles. The van der Waals surface area contributed by atoms with E-state index in [1.807, 2.05) is 31.2 Å². The van der Waals surface area contributed by atoms with Crippen LogP contribution in [0.5, 0.6) is 23.0 Å². The summed E-state index contributed by atoms with van der Waals surface area (Å²) in [5.41, 5.74) is 1.73. The van der Waals surface area contributed by atoms with Crippen molar-refractivity contribution >= 4 is 78.7 Å². The van der Waals surface area contributed by atoms with Gasteiger partial charge in [0.25, 0.3) is 11.1 Å². The van der Waals surface area contributed by atoms with Crippen LogP contribution in [0.2, 0.25) is 0 Å². The molecule has 0 bridgehead atoms. The first-order valence-electron chi connectivity index (χ1n) is 15.5. The molecule has 55 heavy (non-hydrogen) atoms. The minimum Gasteiger partial charge on any atom is -0.493 e. The molecule has 0 atom stereocenters. The Kier molecular flexibility index (Phi) is 20.9. The normalized spacial score (nSPS) is 9.89. The molecule has 0 unspecified atom stereocenters. The zero-order valence-electron chi connectivity index (χ0n) is 31.5. The quantitative estimate of drug-likeness (QED) is 0.227. The van der Waals surface area contributed by atoms with Crippen LogP contribution in [0.3, 0.4) is 0 Å². The Bertz CT molecular complexity index is 1970. The van der Waals surface area contributed by atoms with Gasteiger partial charge in [-0.3, -0.25) is 9.59 Å². The van der Waals surface area contributed by atoms with E-state index in [4.69, 9.17) is 18.9 Å².